The number of carbonyl (C=O) groups is 1. The van der Waals surface area contributed by atoms with Crippen LogP contribution in [0, 0.1) is 0 Å². The molecule has 0 unspecified atom stereocenters. The summed E-state index contributed by atoms with van der Waals surface area (Å²) in [6, 6.07) is 12.1. The van der Waals surface area contributed by atoms with Gasteiger partial charge in [-0.2, -0.15) is 13.2 Å². The molecule has 0 aliphatic carbocycles. The normalized spacial score (nSPS) is 11.4. The van der Waals surface area contributed by atoms with Gasteiger partial charge in [0.25, 0.3) is 0 Å². The summed E-state index contributed by atoms with van der Waals surface area (Å²) >= 11 is 1.23. The smallest absolute Gasteiger partial charge is 0.416 e. The molecule has 0 bridgehead atoms. The zero-order valence-electron chi connectivity index (χ0n) is 16.3. The van der Waals surface area contributed by atoms with Gasteiger partial charge in [-0.1, -0.05) is 23.9 Å². The minimum absolute atomic E-state index is 0.117. The third-order valence-corrected chi connectivity index (χ3v) is 5.25. The molecule has 158 valence electrons. The standard InChI is InChI=1S/C20H19F3N4O2S/c1-26(11-14-3-5-15(6-4-14)20(21,22)23)18(28)12-30-19-25-24-13-27(19)16-7-9-17(29-2)10-8-16/h3-10,13H,11-12H2,1-2H3. The van der Waals surface area contributed by atoms with Crippen molar-refractivity contribution in [2.24, 2.45) is 0 Å². The lowest BCUT2D eigenvalue weighted by Gasteiger charge is -2.17. The second kappa shape index (κ2) is 9.21. The van der Waals surface area contributed by atoms with Gasteiger partial charge in [0.1, 0.15) is 12.1 Å². The Morgan fingerprint density at radius 2 is 1.80 bits per heavy atom. The number of nitrogens with zero attached hydrogens (tertiary/aromatic N) is 4. The Morgan fingerprint density at radius 1 is 1.13 bits per heavy atom. The predicted molar refractivity (Wildman–Crippen MR) is 107 cm³/mol. The number of benzene rings is 2. The lowest BCUT2D eigenvalue weighted by Crippen LogP contribution is -2.28. The molecule has 1 aromatic heterocycles. The minimum Gasteiger partial charge on any atom is -0.497 e. The highest BCUT2D eigenvalue weighted by molar-refractivity contribution is 7.99. The van der Waals surface area contributed by atoms with E-state index in [1.807, 2.05) is 24.3 Å². The molecule has 1 heterocycles. The van der Waals surface area contributed by atoms with Crippen LogP contribution in [0.4, 0.5) is 13.2 Å². The van der Waals surface area contributed by atoms with Crippen molar-refractivity contribution in [3.05, 3.63) is 66.0 Å². The van der Waals surface area contributed by atoms with Gasteiger partial charge in [-0.3, -0.25) is 9.36 Å². The summed E-state index contributed by atoms with van der Waals surface area (Å²) in [7, 11) is 3.19. The van der Waals surface area contributed by atoms with Gasteiger partial charge in [0.2, 0.25) is 5.91 Å². The molecule has 3 aromatic rings. The molecule has 0 aliphatic rings. The van der Waals surface area contributed by atoms with Crippen LogP contribution < -0.4 is 4.74 Å². The number of ether oxygens (including phenoxy) is 1. The van der Waals surface area contributed by atoms with Crippen LogP contribution in [0.25, 0.3) is 5.69 Å². The van der Waals surface area contributed by atoms with Gasteiger partial charge in [0, 0.05) is 19.3 Å². The molecule has 30 heavy (non-hydrogen) atoms. The van der Waals surface area contributed by atoms with E-state index in [1.165, 1.54) is 28.8 Å². The third kappa shape index (κ3) is 5.32. The number of carbonyl (C=O) groups excluding carboxylic acids is 1. The molecule has 3 rings (SSSR count). The number of rotatable bonds is 7. The van der Waals surface area contributed by atoms with E-state index in [2.05, 4.69) is 10.2 Å². The second-order valence-corrected chi connectivity index (χ2v) is 7.36. The molecular formula is C20H19F3N4O2S. The van der Waals surface area contributed by atoms with Gasteiger partial charge in [-0.15, -0.1) is 10.2 Å². The van der Waals surface area contributed by atoms with Crippen molar-refractivity contribution in [1.82, 2.24) is 19.7 Å². The predicted octanol–water partition coefficient (Wildman–Crippen LogP) is 4.05. The topological polar surface area (TPSA) is 60.2 Å². The Labute approximate surface area is 175 Å². The van der Waals surface area contributed by atoms with Crippen LogP contribution in [0.3, 0.4) is 0 Å². The van der Waals surface area contributed by atoms with Crippen LogP contribution in [0.2, 0.25) is 0 Å². The highest BCUT2D eigenvalue weighted by atomic mass is 32.2. The number of halogens is 3. The molecule has 0 N–H and O–H groups in total. The van der Waals surface area contributed by atoms with Gasteiger partial charge in [-0.05, 0) is 42.0 Å². The number of hydrogen-bond acceptors (Lipinski definition) is 5. The number of thioether (sulfide) groups is 1. The first-order valence-electron chi connectivity index (χ1n) is 8.85. The molecule has 0 radical (unpaired) electrons. The zero-order valence-corrected chi connectivity index (χ0v) is 17.1. The Kier molecular flexibility index (Phi) is 6.66. The van der Waals surface area contributed by atoms with E-state index in [0.29, 0.717) is 10.7 Å². The van der Waals surface area contributed by atoms with Crippen LogP contribution in [0.5, 0.6) is 5.75 Å². The van der Waals surface area contributed by atoms with Crippen LogP contribution in [0.15, 0.2) is 60.0 Å². The zero-order chi connectivity index (χ0) is 21.7. The van der Waals surface area contributed by atoms with Crippen molar-refractivity contribution in [3.8, 4) is 11.4 Å². The SMILES string of the molecule is COc1ccc(-n2cnnc2SCC(=O)N(C)Cc2ccc(C(F)(F)F)cc2)cc1. The molecule has 0 spiro atoms. The quantitative estimate of drug-likeness (QED) is 0.523. The van der Waals surface area contributed by atoms with Gasteiger partial charge in [0.15, 0.2) is 5.16 Å². The van der Waals surface area contributed by atoms with Gasteiger partial charge in [0.05, 0.1) is 18.4 Å². The van der Waals surface area contributed by atoms with Gasteiger partial charge >= 0.3 is 6.18 Å². The Balaban J connectivity index is 1.58. The third-order valence-electron chi connectivity index (χ3n) is 4.32. The lowest BCUT2D eigenvalue weighted by atomic mass is 10.1. The largest absolute Gasteiger partial charge is 0.497 e. The maximum absolute atomic E-state index is 12.7. The van der Waals surface area contributed by atoms with Crippen molar-refractivity contribution in [2.75, 3.05) is 19.9 Å². The van der Waals surface area contributed by atoms with Crippen molar-refractivity contribution in [2.45, 2.75) is 17.9 Å². The van der Waals surface area contributed by atoms with E-state index >= 15 is 0 Å². The van der Waals surface area contributed by atoms with E-state index in [0.717, 1.165) is 23.6 Å². The molecule has 1 amide bonds. The number of hydrogen-bond donors (Lipinski definition) is 0. The Morgan fingerprint density at radius 3 is 2.40 bits per heavy atom. The summed E-state index contributed by atoms with van der Waals surface area (Å²) in [5, 5.41) is 8.51. The molecule has 6 nitrogen and oxygen atoms in total. The van der Waals surface area contributed by atoms with Crippen LogP contribution in [-0.2, 0) is 17.5 Å². The molecule has 2 aromatic carbocycles. The maximum atomic E-state index is 12.7. The molecule has 0 atom stereocenters. The van der Waals surface area contributed by atoms with Crippen molar-refractivity contribution in [1.29, 1.82) is 0 Å². The Hall–Kier alpha value is -3.01. The highest BCUT2D eigenvalue weighted by Gasteiger charge is 2.30. The lowest BCUT2D eigenvalue weighted by molar-refractivity contribution is -0.137. The summed E-state index contributed by atoms with van der Waals surface area (Å²) in [4.78, 5) is 13.9. The summed E-state index contributed by atoms with van der Waals surface area (Å²) in [6.45, 7) is 0.211. The maximum Gasteiger partial charge on any atom is 0.416 e. The van der Waals surface area contributed by atoms with Crippen LogP contribution >= 0.6 is 11.8 Å². The van der Waals surface area contributed by atoms with E-state index in [-0.39, 0.29) is 18.2 Å². The second-order valence-electron chi connectivity index (χ2n) is 6.41. The van der Waals surface area contributed by atoms with E-state index in [1.54, 1.807) is 25.1 Å². The Bertz CT molecular complexity index is 989. The molecule has 0 saturated carbocycles. The number of amides is 1. The van der Waals surface area contributed by atoms with Crippen molar-refractivity contribution < 1.29 is 22.7 Å². The van der Waals surface area contributed by atoms with E-state index < -0.39 is 11.7 Å². The van der Waals surface area contributed by atoms with Gasteiger partial charge in [-0.25, -0.2) is 0 Å². The molecule has 10 heteroatoms. The molecule has 0 saturated heterocycles. The summed E-state index contributed by atoms with van der Waals surface area (Å²) < 4.78 is 44.9. The summed E-state index contributed by atoms with van der Waals surface area (Å²) in [5.41, 5.74) is 0.729. The minimum atomic E-state index is -4.38. The number of aromatic nitrogens is 3. The first-order valence-corrected chi connectivity index (χ1v) is 9.84. The monoisotopic (exact) mass is 436 g/mol. The van der Waals surface area contributed by atoms with Crippen molar-refractivity contribution in [3.63, 3.8) is 0 Å². The fourth-order valence-corrected chi connectivity index (χ4v) is 3.51. The molecular weight excluding hydrogens is 417 g/mol. The number of methoxy groups -OCH3 is 1. The molecule has 0 aliphatic heterocycles. The molecule has 0 fully saturated rings. The van der Waals surface area contributed by atoms with Gasteiger partial charge < -0.3 is 9.64 Å². The fourth-order valence-electron chi connectivity index (χ4n) is 2.64. The fraction of sp³-hybridized carbons (Fsp3) is 0.250. The highest BCUT2D eigenvalue weighted by Crippen LogP contribution is 2.29. The van der Waals surface area contributed by atoms with Crippen LogP contribution in [-0.4, -0.2) is 45.5 Å². The first-order chi connectivity index (χ1) is 14.3. The first kappa shape index (κ1) is 21.7. The summed E-state index contributed by atoms with van der Waals surface area (Å²) in [6.07, 6.45) is -2.82. The average Bonchev–Trinajstić information content (AvgIpc) is 3.20. The van der Waals surface area contributed by atoms with Crippen molar-refractivity contribution >= 4 is 17.7 Å². The summed E-state index contributed by atoms with van der Waals surface area (Å²) in [5.74, 6) is 0.664. The average molecular weight is 436 g/mol. The van der Waals surface area contributed by atoms with E-state index in [4.69, 9.17) is 4.74 Å². The van der Waals surface area contributed by atoms with E-state index in [9.17, 15) is 18.0 Å². The van der Waals surface area contributed by atoms with Crippen LogP contribution in [0.1, 0.15) is 11.1 Å². The number of alkyl halides is 3.